The van der Waals surface area contributed by atoms with Crippen LogP contribution in [0.2, 0.25) is 0 Å². The summed E-state index contributed by atoms with van der Waals surface area (Å²) in [4.78, 5) is 11.3. The quantitative estimate of drug-likeness (QED) is 0.586. The molecule has 2 atom stereocenters. The maximum absolute atomic E-state index is 11.3. The van der Waals surface area contributed by atoms with Gasteiger partial charge in [-0.1, -0.05) is 0 Å². The van der Waals surface area contributed by atoms with Gasteiger partial charge < -0.3 is 11.5 Å². The van der Waals surface area contributed by atoms with Gasteiger partial charge in [0, 0.05) is 18.9 Å². The van der Waals surface area contributed by atoms with Crippen molar-refractivity contribution in [2.45, 2.75) is 19.3 Å². The van der Waals surface area contributed by atoms with Crippen LogP contribution in [0.25, 0.3) is 0 Å². The van der Waals surface area contributed by atoms with E-state index in [4.69, 9.17) is 11.5 Å². The van der Waals surface area contributed by atoms with Gasteiger partial charge in [0.05, 0.1) is 0 Å². The Bertz CT molecular complexity index is 147. The second kappa shape index (κ2) is 3.83. The van der Waals surface area contributed by atoms with Crippen molar-refractivity contribution in [3.63, 3.8) is 0 Å². The Morgan fingerprint density at radius 1 is 1.27 bits per heavy atom. The number of carbonyl (C=O) groups is 1. The first-order chi connectivity index (χ1) is 5.27. The summed E-state index contributed by atoms with van der Waals surface area (Å²) < 4.78 is 0. The fourth-order valence-corrected chi connectivity index (χ4v) is 1.60. The van der Waals surface area contributed by atoms with Crippen LogP contribution in [0, 0.1) is 11.8 Å². The van der Waals surface area contributed by atoms with Crippen LogP contribution >= 0.6 is 0 Å². The minimum atomic E-state index is 0.123. The summed E-state index contributed by atoms with van der Waals surface area (Å²) in [5.74, 6) is 0.859. The Morgan fingerprint density at radius 3 is 2.45 bits per heavy atom. The zero-order valence-electron chi connectivity index (χ0n) is 6.75. The van der Waals surface area contributed by atoms with E-state index in [0.717, 1.165) is 12.8 Å². The third-order valence-electron chi connectivity index (χ3n) is 2.49. The predicted octanol–water partition coefficient (Wildman–Crippen LogP) is -0.111. The molecule has 2 unspecified atom stereocenters. The summed E-state index contributed by atoms with van der Waals surface area (Å²) in [7, 11) is 0. The normalized spacial score (nSPS) is 32.4. The molecule has 11 heavy (non-hydrogen) atoms. The van der Waals surface area contributed by atoms with E-state index in [1.807, 2.05) is 0 Å². The molecule has 0 radical (unpaired) electrons. The molecule has 0 amide bonds. The van der Waals surface area contributed by atoms with E-state index in [0.29, 0.717) is 31.2 Å². The topological polar surface area (TPSA) is 69.1 Å². The number of Topliss-reactive ketones (excluding diaryl/α,β-unsaturated/α-hetero) is 1. The Morgan fingerprint density at radius 2 is 2.00 bits per heavy atom. The van der Waals surface area contributed by atoms with E-state index in [9.17, 15) is 4.79 Å². The molecule has 0 bridgehead atoms. The van der Waals surface area contributed by atoms with Crippen molar-refractivity contribution < 1.29 is 4.79 Å². The van der Waals surface area contributed by atoms with Gasteiger partial charge in [0.1, 0.15) is 5.78 Å². The van der Waals surface area contributed by atoms with Crippen LogP contribution in [0.1, 0.15) is 19.3 Å². The second-order valence-electron chi connectivity index (χ2n) is 3.28. The zero-order valence-corrected chi connectivity index (χ0v) is 6.75. The molecule has 3 nitrogen and oxygen atoms in total. The first-order valence-corrected chi connectivity index (χ1v) is 4.20. The zero-order chi connectivity index (χ0) is 8.27. The van der Waals surface area contributed by atoms with E-state index in [1.54, 1.807) is 0 Å². The minimum Gasteiger partial charge on any atom is -0.330 e. The number of nitrogens with two attached hydrogens (primary N) is 2. The Balaban J connectivity index is 2.41. The molecule has 0 aromatic heterocycles. The van der Waals surface area contributed by atoms with Crippen LogP contribution < -0.4 is 11.5 Å². The number of rotatable bonds is 2. The van der Waals surface area contributed by atoms with Crippen molar-refractivity contribution in [3.05, 3.63) is 0 Å². The van der Waals surface area contributed by atoms with E-state index in [2.05, 4.69) is 0 Å². The van der Waals surface area contributed by atoms with Crippen molar-refractivity contribution in [3.8, 4) is 0 Å². The van der Waals surface area contributed by atoms with Crippen molar-refractivity contribution >= 4 is 5.78 Å². The highest BCUT2D eigenvalue weighted by Crippen LogP contribution is 2.24. The van der Waals surface area contributed by atoms with E-state index >= 15 is 0 Å². The van der Waals surface area contributed by atoms with Crippen LogP contribution in [0.15, 0.2) is 0 Å². The van der Waals surface area contributed by atoms with Gasteiger partial charge in [-0.25, -0.2) is 0 Å². The predicted molar refractivity (Wildman–Crippen MR) is 43.9 cm³/mol. The number of carbonyl (C=O) groups excluding carboxylic acids is 1. The highest BCUT2D eigenvalue weighted by atomic mass is 16.1. The Labute approximate surface area is 67.1 Å². The highest BCUT2D eigenvalue weighted by molar-refractivity contribution is 5.82. The fraction of sp³-hybridized carbons (Fsp3) is 0.875. The Kier molecular flexibility index (Phi) is 3.02. The first-order valence-electron chi connectivity index (χ1n) is 4.20. The van der Waals surface area contributed by atoms with Crippen molar-refractivity contribution in [1.29, 1.82) is 0 Å². The molecule has 0 aliphatic heterocycles. The molecule has 0 aromatic rings. The SMILES string of the molecule is NCC1CCC(CN)C(=O)C1. The lowest BCUT2D eigenvalue weighted by Crippen LogP contribution is -2.33. The molecule has 3 heteroatoms. The summed E-state index contributed by atoms with van der Waals surface area (Å²) in [6, 6.07) is 0. The van der Waals surface area contributed by atoms with Crippen LogP contribution in [-0.2, 0) is 4.79 Å². The van der Waals surface area contributed by atoms with Crippen molar-refractivity contribution in [2.75, 3.05) is 13.1 Å². The van der Waals surface area contributed by atoms with Gasteiger partial charge in [-0.15, -0.1) is 0 Å². The molecule has 1 fully saturated rings. The highest BCUT2D eigenvalue weighted by Gasteiger charge is 2.26. The lowest BCUT2D eigenvalue weighted by molar-refractivity contribution is -0.125. The molecule has 1 rings (SSSR count). The van der Waals surface area contributed by atoms with Gasteiger partial charge in [0.25, 0.3) is 0 Å². The summed E-state index contributed by atoms with van der Waals surface area (Å²) >= 11 is 0. The van der Waals surface area contributed by atoms with Crippen LogP contribution in [-0.4, -0.2) is 18.9 Å². The maximum atomic E-state index is 11.3. The van der Waals surface area contributed by atoms with E-state index < -0.39 is 0 Å². The molecule has 4 N–H and O–H groups in total. The summed E-state index contributed by atoms with van der Waals surface area (Å²) in [5.41, 5.74) is 10.9. The van der Waals surface area contributed by atoms with Gasteiger partial charge in [0.2, 0.25) is 0 Å². The molecular weight excluding hydrogens is 140 g/mol. The summed E-state index contributed by atoms with van der Waals surface area (Å²) in [5, 5.41) is 0. The molecular formula is C8H16N2O. The molecule has 0 saturated heterocycles. The first kappa shape index (κ1) is 8.68. The smallest absolute Gasteiger partial charge is 0.137 e. The second-order valence-corrected chi connectivity index (χ2v) is 3.28. The lowest BCUT2D eigenvalue weighted by Gasteiger charge is -2.25. The molecule has 0 heterocycles. The third-order valence-corrected chi connectivity index (χ3v) is 2.49. The largest absolute Gasteiger partial charge is 0.330 e. The fourth-order valence-electron chi connectivity index (χ4n) is 1.60. The summed E-state index contributed by atoms with van der Waals surface area (Å²) in [6.45, 7) is 1.15. The average molecular weight is 156 g/mol. The molecule has 1 saturated carbocycles. The molecule has 1 aliphatic rings. The number of ketones is 1. The monoisotopic (exact) mass is 156 g/mol. The van der Waals surface area contributed by atoms with Crippen molar-refractivity contribution in [2.24, 2.45) is 23.3 Å². The van der Waals surface area contributed by atoms with E-state index in [-0.39, 0.29) is 5.92 Å². The average Bonchev–Trinajstić information content (AvgIpc) is 2.04. The number of hydrogen-bond acceptors (Lipinski definition) is 3. The van der Waals surface area contributed by atoms with Gasteiger partial charge in [-0.2, -0.15) is 0 Å². The van der Waals surface area contributed by atoms with Gasteiger partial charge in [-0.3, -0.25) is 4.79 Å². The van der Waals surface area contributed by atoms with Crippen molar-refractivity contribution in [1.82, 2.24) is 0 Å². The standard InChI is InChI=1S/C8H16N2O/c9-4-6-1-2-7(5-10)8(11)3-6/h6-7H,1-5,9-10H2. The number of hydrogen-bond donors (Lipinski definition) is 2. The molecule has 64 valence electrons. The third kappa shape index (κ3) is 2.01. The van der Waals surface area contributed by atoms with Crippen LogP contribution in [0.3, 0.4) is 0 Å². The van der Waals surface area contributed by atoms with Gasteiger partial charge in [0.15, 0.2) is 0 Å². The van der Waals surface area contributed by atoms with Crippen LogP contribution in [0.5, 0.6) is 0 Å². The lowest BCUT2D eigenvalue weighted by atomic mass is 9.81. The maximum Gasteiger partial charge on any atom is 0.137 e. The molecule has 0 spiro atoms. The minimum absolute atomic E-state index is 0.123. The van der Waals surface area contributed by atoms with Gasteiger partial charge >= 0.3 is 0 Å². The van der Waals surface area contributed by atoms with Crippen LogP contribution in [0.4, 0.5) is 0 Å². The molecule has 1 aliphatic carbocycles. The van der Waals surface area contributed by atoms with E-state index in [1.165, 1.54) is 0 Å². The summed E-state index contributed by atoms with van der Waals surface area (Å²) in [6.07, 6.45) is 2.67. The van der Waals surface area contributed by atoms with Gasteiger partial charge in [-0.05, 0) is 25.3 Å². The Hall–Kier alpha value is -0.410. The molecule has 0 aromatic carbocycles.